The van der Waals surface area contributed by atoms with Crippen LogP contribution in [-0.4, -0.2) is 37.2 Å². The average Bonchev–Trinajstić information content (AvgIpc) is 2.76. The van der Waals surface area contributed by atoms with Crippen LogP contribution in [0.5, 0.6) is 0 Å². The molecule has 2 atom stereocenters. The molecular weight excluding hydrogens is 334 g/mol. The zero-order valence-corrected chi connectivity index (χ0v) is 14.2. The molecule has 0 amide bonds. The van der Waals surface area contributed by atoms with E-state index in [9.17, 15) is 18.3 Å². The molecule has 0 saturated heterocycles. The number of ether oxygens (including phenoxy) is 1. The summed E-state index contributed by atoms with van der Waals surface area (Å²) < 4.78 is 29.8. The number of benzene rings is 1. The molecule has 0 fully saturated rings. The molecule has 8 nitrogen and oxygen atoms in total. The van der Waals surface area contributed by atoms with Crippen molar-refractivity contribution in [2.75, 3.05) is 12.9 Å². The van der Waals surface area contributed by atoms with Crippen molar-refractivity contribution in [2.45, 2.75) is 37.5 Å². The molecule has 9 heteroatoms. The standard InChI is InChI=1S/C15H18N3O5S/c1-3-23-13(19)14-10-6-8-11-7-4-5-9-12(11)15(14,20)18(17-16-14)24(2,21)22/h4-5,7,9H,3,6,8,10H2,1-2H3/q-1. The van der Waals surface area contributed by atoms with Gasteiger partial charge < -0.3 is 9.84 Å². The number of hydrogen-bond acceptors (Lipinski definition) is 7. The highest BCUT2D eigenvalue weighted by molar-refractivity contribution is 7.88. The number of carbonyl (C=O) groups is 1. The van der Waals surface area contributed by atoms with Gasteiger partial charge in [0.15, 0.2) is 5.54 Å². The van der Waals surface area contributed by atoms with Crippen molar-refractivity contribution in [1.29, 1.82) is 0 Å². The fraction of sp³-hybridized carbons (Fsp3) is 0.533. The molecule has 0 spiro atoms. The van der Waals surface area contributed by atoms with Crippen LogP contribution in [-0.2, 0) is 31.7 Å². The summed E-state index contributed by atoms with van der Waals surface area (Å²) in [5, 5.41) is 21.5. The molecule has 3 rings (SSSR count). The first kappa shape index (κ1) is 16.8. The van der Waals surface area contributed by atoms with Gasteiger partial charge in [-0.05, 0) is 37.3 Å². The Morgan fingerprint density at radius 1 is 1.42 bits per heavy atom. The SMILES string of the molecule is CCOC(=O)C12CCCc3ccccc3C1([O-])N(S(C)(=O)=O)N=N2. The minimum Gasteiger partial charge on any atom is -0.826 e. The van der Waals surface area contributed by atoms with Crippen LogP contribution in [0.3, 0.4) is 0 Å². The molecule has 1 aromatic carbocycles. The van der Waals surface area contributed by atoms with Crippen molar-refractivity contribution < 1.29 is 23.1 Å². The van der Waals surface area contributed by atoms with Crippen molar-refractivity contribution >= 4 is 16.0 Å². The highest BCUT2D eigenvalue weighted by atomic mass is 32.2. The van der Waals surface area contributed by atoms with Crippen molar-refractivity contribution in [2.24, 2.45) is 10.3 Å². The van der Waals surface area contributed by atoms with Gasteiger partial charge in [-0.25, -0.2) is 13.2 Å². The second-order valence-corrected chi connectivity index (χ2v) is 7.74. The normalized spacial score (nSPS) is 28.9. The lowest BCUT2D eigenvalue weighted by atomic mass is 9.80. The summed E-state index contributed by atoms with van der Waals surface area (Å²) in [6, 6.07) is 6.71. The molecule has 2 unspecified atom stereocenters. The van der Waals surface area contributed by atoms with Crippen molar-refractivity contribution in [1.82, 2.24) is 4.41 Å². The Morgan fingerprint density at radius 3 is 2.79 bits per heavy atom. The lowest BCUT2D eigenvalue weighted by molar-refractivity contribution is -0.527. The van der Waals surface area contributed by atoms with E-state index in [1.807, 2.05) is 0 Å². The van der Waals surface area contributed by atoms with Gasteiger partial charge in [0.1, 0.15) is 0 Å². The van der Waals surface area contributed by atoms with Gasteiger partial charge in [0, 0.05) is 0 Å². The predicted octanol–water partition coefficient (Wildman–Crippen LogP) is 0.480. The predicted molar refractivity (Wildman–Crippen MR) is 82.0 cm³/mol. The monoisotopic (exact) mass is 352 g/mol. The maximum Gasteiger partial charge on any atom is 0.337 e. The summed E-state index contributed by atoms with van der Waals surface area (Å²) in [4.78, 5) is 12.6. The van der Waals surface area contributed by atoms with Crippen LogP contribution in [0.25, 0.3) is 0 Å². The third-order valence-corrected chi connectivity index (χ3v) is 5.38. The third kappa shape index (κ3) is 2.15. The van der Waals surface area contributed by atoms with E-state index >= 15 is 0 Å². The van der Waals surface area contributed by atoms with Crippen LogP contribution in [0.1, 0.15) is 30.9 Å². The largest absolute Gasteiger partial charge is 0.826 e. The second kappa shape index (κ2) is 5.52. The zero-order chi connectivity index (χ0) is 17.6. The lowest BCUT2D eigenvalue weighted by Crippen LogP contribution is -2.68. The Labute approximate surface area is 140 Å². The smallest absolute Gasteiger partial charge is 0.337 e. The summed E-state index contributed by atoms with van der Waals surface area (Å²) >= 11 is 0. The van der Waals surface area contributed by atoms with E-state index in [1.165, 1.54) is 6.07 Å². The van der Waals surface area contributed by atoms with E-state index in [4.69, 9.17) is 4.74 Å². The summed E-state index contributed by atoms with van der Waals surface area (Å²) in [5.74, 6) is -0.841. The highest BCUT2D eigenvalue weighted by Crippen LogP contribution is 2.49. The van der Waals surface area contributed by atoms with Crippen LogP contribution in [0.4, 0.5) is 0 Å². The molecule has 1 aromatic rings. The van der Waals surface area contributed by atoms with E-state index in [2.05, 4.69) is 10.3 Å². The summed E-state index contributed by atoms with van der Waals surface area (Å²) in [6.45, 7) is 1.68. The third-order valence-electron chi connectivity index (χ3n) is 4.42. The molecular formula is C15H18N3O5S-. The minimum atomic E-state index is -4.02. The Balaban J connectivity index is 2.30. The number of aryl methyl sites for hydroxylation is 1. The fourth-order valence-electron chi connectivity index (χ4n) is 3.39. The van der Waals surface area contributed by atoms with E-state index in [0.717, 1.165) is 6.26 Å². The van der Waals surface area contributed by atoms with Gasteiger partial charge in [-0.15, -0.1) is 5.11 Å². The molecule has 0 N–H and O–H groups in total. The molecule has 130 valence electrons. The van der Waals surface area contributed by atoms with E-state index in [0.29, 0.717) is 22.8 Å². The number of nitrogens with zero attached hydrogens (tertiary/aromatic N) is 3. The molecule has 1 aliphatic heterocycles. The van der Waals surface area contributed by atoms with Crippen molar-refractivity contribution in [3.8, 4) is 0 Å². The van der Waals surface area contributed by atoms with Gasteiger partial charge in [-0.3, -0.25) is 0 Å². The second-order valence-electron chi connectivity index (χ2n) is 5.93. The quantitative estimate of drug-likeness (QED) is 0.735. The molecule has 0 radical (unpaired) electrons. The first-order chi connectivity index (χ1) is 11.3. The van der Waals surface area contributed by atoms with Gasteiger partial charge in [0.25, 0.3) is 0 Å². The maximum atomic E-state index is 14.0. The summed E-state index contributed by atoms with van der Waals surface area (Å²) in [6.07, 6.45) is 1.99. The number of fused-ring (bicyclic) bond motifs is 3. The van der Waals surface area contributed by atoms with Crippen molar-refractivity contribution in [3.63, 3.8) is 0 Å². The Bertz CT molecular complexity index is 809. The molecule has 24 heavy (non-hydrogen) atoms. The van der Waals surface area contributed by atoms with Gasteiger partial charge in [0.05, 0.1) is 18.6 Å². The van der Waals surface area contributed by atoms with Gasteiger partial charge in [-0.1, -0.05) is 29.5 Å². The number of rotatable bonds is 3. The Morgan fingerprint density at radius 2 is 2.12 bits per heavy atom. The molecule has 2 aliphatic rings. The fourth-order valence-corrected chi connectivity index (χ4v) is 4.27. The van der Waals surface area contributed by atoms with Crippen LogP contribution in [0.15, 0.2) is 34.6 Å². The number of sulfonamides is 1. The van der Waals surface area contributed by atoms with Crippen molar-refractivity contribution in [3.05, 3.63) is 35.4 Å². The zero-order valence-electron chi connectivity index (χ0n) is 13.4. The molecule has 1 aliphatic carbocycles. The van der Waals surface area contributed by atoms with Crippen LogP contribution in [0.2, 0.25) is 0 Å². The minimum absolute atomic E-state index is 0.0622. The van der Waals surface area contributed by atoms with E-state index < -0.39 is 27.3 Å². The maximum absolute atomic E-state index is 14.0. The number of esters is 1. The van der Waals surface area contributed by atoms with Gasteiger partial charge in [0.2, 0.25) is 10.0 Å². The number of hydrogen-bond donors (Lipinski definition) is 0. The Kier molecular flexibility index (Phi) is 3.88. The summed E-state index contributed by atoms with van der Waals surface area (Å²) in [7, 11) is -4.02. The molecule has 0 aromatic heterocycles. The van der Waals surface area contributed by atoms with Crippen LogP contribution >= 0.6 is 0 Å². The van der Waals surface area contributed by atoms with E-state index in [1.54, 1.807) is 25.1 Å². The highest BCUT2D eigenvalue weighted by Gasteiger charge is 2.62. The van der Waals surface area contributed by atoms with Crippen LogP contribution in [0, 0.1) is 0 Å². The van der Waals surface area contributed by atoms with E-state index in [-0.39, 0.29) is 18.6 Å². The lowest BCUT2D eigenvalue weighted by Gasteiger charge is -2.49. The topological polar surface area (TPSA) is 111 Å². The number of carbonyl (C=O) groups excluding carboxylic acids is 1. The van der Waals surface area contributed by atoms with Gasteiger partial charge in [-0.2, -0.15) is 4.41 Å². The molecule has 1 heterocycles. The first-order valence-corrected chi connectivity index (χ1v) is 9.51. The first-order valence-electron chi connectivity index (χ1n) is 7.66. The summed E-state index contributed by atoms with van der Waals surface area (Å²) in [5.41, 5.74) is -3.51. The molecule has 0 saturated carbocycles. The Hall–Kier alpha value is -2.00. The average molecular weight is 352 g/mol. The van der Waals surface area contributed by atoms with Crippen LogP contribution < -0.4 is 5.11 Å². The molecule has 0 bridgehead atoms. The van der Waals surface area contributed by atoms with Gasteiger partial charge >= 0.3 is 5.97 Å².